The third kappa shape index (κ3) is 6.04. The average Bonchev–Trinajstić information content (AvgIpc) is 1.59. The first-order chi connectivity index (χ1) is 4.45. The lowest BCUT2D eigenvalue weighted by atomic mass is 10.2. The molecule has 1 atom stereocenters. The van der Waals surface area contributed by atoms with Crippen LogP contribution in [0, 0.1) is 12.2 Å². The molecule has 0 heterocycles. The zero-order valence-electron chi connectivity index (χ0n) is 6.20. The summed E-state index contributed by atoms with van der Waals surface area (Å²) < 4.78 is 25.6. The normalized spacial score (nSPS) is 15.1. The van der Waals surface area contributed by atoms with Gasteiger partial charge in [-0.3, -0.25) is 0 Å². The minimum atomic E-state index is -3.33. The SMILES string of the molecule is [CH]S(=O)(=O)CC(C)COC. The van der Waals surface area contributed by atoms with Crippen LogP contribution in [0.15, 0.2) is 0 Å². The quantitative estimate of drug-likeness (QED) is 0.602. The third-order valence-corrected chi connectivity index (χ3v) is 2.00. The van der Waals surface area contributed by atoms with Crippen LogP contribution in [0.25, 0.3) is 0 Å². The van der Waals surface area contributed by atoms with Crippen LogP contribution in [0.5, 0.6) is 0 Å². The number of hydrogen-bond donors (Lipinski definition) is 0. The van der Waals surface area contributed by atoms with Crippen LogP contribution < -0.4 is 0 Å². The van der Waals surface area contributed by atoms with E-state index in [-0.39, 0.29) is 11.7 Å². The van der Waals surface area contributed by atoms with Gasteiger partial charge in [0.15, 0.2) is 9.84 Å². The highest BCUT2D eigenvalue weighted by Gasteiger charge is 2.09. The van der Waals surface area contributed by atoms with Crippen molar-refractivity contribution in [3.05, 3.63) is 6.26 Å². The Labute approximate surface area is 62.3 Å². The molecule has 0 aliphatic carbocycles. The largest absolute Gasteiger partial charge is 0.384 e. The summed E-state index contributed by atoms with van der Waals surface area (Å²) >= 11 is 0. The molecule has 3 nitrogen and oxygen atoms in total. The number of methoxy groups -OCH3 is 1. The van der Waals surface area contributed by atoms with Crippen LogP contribution in [0.3, 0.4) is 0 Å². The Morgan fingerprint density at radius 2 is 2.10 bits per heavy atom. The van der Waals surface area contributed by atoms with Crippen molar-refractivity contribution in [3.8, 4) is 0 Å². The molecular formula is C6H12O3S. The maximum absolute atomic E-state index is 10.4. The molecule has 0 spiro atoms. The molecule has 0 aromatic rings. The summed E-state index contributed by atoms with van der Waals surface area (Å²) in [4.78, 5) is 0. The maximum Gasteiger partial charge on any atom is 0.156 e. The van der Waals surface area contributed by atoms with Gasteiger partial charge < -0.3 is 4.74 Å². The van der Waals surface area contributed by atoms with Crippen LogP contribution in [0.2, 0.25) is 0 Å². The summed E-state index contributed by atoms with van der Waals surface area (Å²) in [5.41, 5.74) is 0. The van der Waals surface area contributed by atoms with E-state index in [0.717, 1.165) is 0 Å². The fraction of sp³-hybridized carbons (Fsp3) is 0.833. The number of ether oxygens (including phenoxy) is 1. The molecule has 0 aliphatic rings. The van der Waals surface area contributed by atoms with Gasteiger partial charge in [0, 0.05) is 13.7 Å². The molecule has 0 bridgehead atoms. The molecule has 4 heteroatoms. The van der Waals surface area contributed by atoms with Crippen LogP contribution in [-0.4, -0.2) is 27.9 Å². The van der Waals surface area contributed by atoms with Crippen molar-refractivity contribution in [1.82, 2.24) is 0 Å². The van der Waals surface area contributed by atoms with Gasteiger partial charge in [0.05, 0.1) is 12.0 Å². The van der Waals surface area contributed by atoms with E-state index in [4.69, 9.17) is 11.0 Å². The molecule has 2 radical (unpaired) electrons. The number of rotatable bonds is 4. The van der Waals surface area contributed by atoms with Crippen molar-refractivity contribution in [2.24, 2.45) is 5.92 Å². The van der Waals surface area contributed by atoms with Crippen molar-refractivity contribution in [2.45, 2.75) is 6.92 Å². The van der Waals surface area contributed by atoms with Gasteiger partial charge in [-0.15, -0.1) is 0 Å². The minimum absolute atomic E-state index is 0.0131. The lowest BCUT2D eigenvalue weighted by Crippen LogP contribution is -2.14. The van der Waals surface area contributed by atoms with Gasteiger partial charge in [-0.05, 0) is 5.92 Å². The fourth-order valence-electron chi connectivity index (χ4n) is 0.729. The number of sulfone groups is 1. The minimum Gasteiger partial charge on any atom is -0.384 e. The van der Waals surface area contributed by atoms with E-state index in [2.05, 4.69) is 0 Å². The van der Waals surface area contributed by atoms with E-state index in [0.29, 0.717) is 6.61 Å². The van der Waals surface area contributed by atoms with Gasteiger partial charge in [0.25, 0.3) is 0 Å². The van der Waals surface area contributed by atoms with E-state index >= 15 is 0 Å². The van der Waals surface area contributed by atoms with Crippen molar-refractivity contribution in [2.75, 3.05) is 19.5 Å². The first kappa shape index (κ1) is 9.91. The second-order valence-electron chi connectivity index (χ2n) is 2.39. The number of hydrogen-bond acceptors (Lipinski definition) is 3. The predicted octanol–water partition coefficient (Wildman–Crippen LogP) is 0.352. The summed E-state index contributed by atoms with van der Waals surface area (Å²) in [6.45, 7) is 2.20. The monoisotopic (exact) mass is 164 g/mol. The molecule has 10 heavy (non-hydrogen) atoms. The molecule has 0 N–H and O–H groups in total. The molecule has 60 valence electrons. The Kier molecular flexibility index (Phi) is 3.89. The van der Waals surface area contributed by atoms with Gasteiger partial charge in [0.2, 0.25) is 0 Å². The topological polar surface area (TPSA) is 43.4 Å². The Hall–Kier alpha value is -0.0900. The summed E-state index contributed by atoms with van der Waals surface area (Å²) in [5, 5.41) is 0. The van der Waals surface area contributed by atoms with Crippen molar-refractivity contribution < 1.29 is 13.2 Å². The van der Waals surface area contributed by atoms with E-state index in [1.807, 2.05) is 0 Å². The van der Waals surface area contributed by atoms with Crippen LogP contribution in [0.4, 0.5) is 0 Å². The van der Waals surface area contributed by atoms with E-state index in [9.17, 15) is 8.42 Å². The van der Waals surface area contributed by atoms with Crippen molar-refractivity contribution in [3.63, 3.8) is 0 Å². The summed E-state index contributed by atoms with van der Waals surface area (Å²) in [5.74, 6) is -0.0408. The highest BCUT2D eigenvalue weighted by atomic mass is 32.2. The summed E-state index contributed by atoms with van der Waals surface area (Å²) in [7, 11) is -1.80. The zero-order valence-corrected chi connectivity index (χ0v) is 7.02. The van der Waals surface area contributed by atoms with Gasteiger partial charge in [0.1, 0.15) is 0 Å². The molecule has 0 saturated heterocycles. The molecule has 0 aromatic carbocycles. The van der Waals surface area contributed by atoms with E-state index in [1.165, 1.54) is 7.11 Å². The average molecular weight is 164 g/mol. The first-order valence-electron chi connectivity index (χ1n) is 2.95. The smallest absolute Gasteiger partial charge is 0.156 e. The maximum atomic E-state index is 10.4. The van der Waals surface area contributed by atoms with Crippen LogP contribution in [-0.2, 0) is 14.6 Å². The van der Waals surface area contributed by atoms with Gasteiger partial charge in [-0.2, -0.15) is 0 Å². The zero-order chi connectivity index (χ0) is 8.20. The fourth-order valence-corrected chi connectivity index (χ4v) is 1.62. The van der Waals surface area contributed by atoms with E-state index < -0.39 is 9.84 Å². The van der Waals surface area contributed by atoms with Gasteiger partial charge >= 0.3 is 0 Å². The summed E-state index contributed by atoms with van der Waals surface area (Å²) in [6.07, 6.45) is 4.78. The molecule has 0 aromatic heterocycles. The Bertz CT molecular complexity index is 171. The second-order valence-corrected chi connectivity index (χ2v) is 4.05. The molecule has 0 aliphatic heterocycles. The first-order valence-corrected chi connectivity index (χ1v) is 4.66. The van der Waals surface area contributed by atoms with Crippen molar-refractivity contribution in [1.29, 1.82) is 0 Å². The lowest BCUT2D eigenvalue weighted by molar-refractivity contribution is 0.167. The van der Waals surface area contributed by atoms with E-state index in [1.54, 1.807) is 6.92 Å². The molecule has 1 unspecified atom stereocenters. The van der Waals surface area contributed by atoms with Crippen molar-refractivity contribution >= 4 is 9.84 Å². The standard InChI is InChI=1S/C6H12O3S/c1-6(4-9-2)5-10(3,7)8/h3,6H,4-5H2,1-2H3. The molecule has 0 saturated carbocycles. The third-order valence-electron chi connectivity index (χ3n) is 0.968. The Balaban J connectivity index is 3.69. The summed E-state index contributed by atoms with van der Waals surface area (Å²) in [6, 6.07) is 0. The Morgan fingerprint density at radius 3 is 2.40 bits per heavy atom. The molecular weight excluding hydrogens is 152 g/mol. The van der Waals surface area contributed by atoms with Crippen LogP contribution in [0.1, 0.15) is 6.92 Å². The highest BCUT2D eigenvalue weighted by molar-refractivity contribution is 7.92. The van der Waals surface area contributed by atoms with Gasteiger partial charge in [-0.25, -0.2) is 8.42 Å². The highest BCUT2D eigenvalue weighted by Crippen LogP contribution is 2.00. The molecule has 0 amide bonds. The lowest BCUT2D eigenvalue weighted by Gasteiger charge is -2.06. The van der Waals surface area contributed by atoms with Crippen LogP contribution >= 0.6 is 0 Å². The second kappa shape index (κ2) is 3.93. The Morgan fingerprint density at radius 1 is 1.60 bits per heavy atom. The molecule has 0 rings (SSSR count). The predicted molar refractivity (Wildman–Crippen MR) is 39.1 cm³/mol. The van der Waals surface area contributed by atoms with Gasteiger partial charge in [-0.1, -0.05) is 6.92 Å². The molecule has 0 fully saturated rings.